The second-order valence-electron chi connectivity index (χ2n) is 7.04. The Morgan fingerprint density at radius 2 is 1.41 bits per heavy atom. The fourth-order valence-corrected chi connectivity index (χ4v) is 3.36. The highest BCUT2D eigenvalue weighted by Gasteiger charge is 2.14. The average Bonchev–Trinajstić information content (AvgIpc) is 2.52. The summed E-state index contributed by atoms with van der Waals surface area (Å²) in [5.41, 5.74) is 0. The van der Waals surface area contributed by atoms with E-state index in [1.54, 1.807) is 0 Å². The minimum atomic E-state index is 0.0513. The molecule has 1 heterocycles. The van der Waals surface area contributed by atoms with E-state index in [4.69, 9.17) is 4.74 Å². The van der Waals surface area contributed by atoms with Crippen LogP contribution in [-0.2, 0) is 9.53 Å². The standard InChI is InChI=1S/C20H38O2/c1-2-3-4-13-16-19-17-14-11-9-7-5-6-8-10-12-15-18-20(21)22-19/h19H,2-18H2,1H3. The lowest BCUT2D eigenvalue weighted by Gasteiger charge is -2.18. The highest BCUT2D eigenvalue weighted by Crippen LogP contribution is 2.18. The summed E-state index contributed by atoms with van der Waals surface area (Å²) >= 11 is 0. The highest BCUT2D eigenvalue weighted by molar-refractivity contribution is 5.69. The lowest BCUT2D eigenvalue weighted by Crippen LogP contribution is -2.18. The fraction of sp³-hybridized carbons (Fsp3) is 0.950. The summed E-state index contributed by atoms with van der Waals surface area (Å²) in [5, 5.41) is 0. The van der Waals surface area contributed by atoms with E-state index in [0.717, 1.165) is 19.3 Å². The molecule has 1 aliphatic rings. The van der Waals surface area contributed by atoms with Crippen molar-refractivity contribution in [2.75, 3.05) is 0 Å². The molecule has 1 saturated heterocycles. The second kappa shape index (κ2) is 14.1. The number of carbonyl (C=O) groups excluding carboxylic acids is 1. The van der Waals surface area contributed by atoms with E-state index < -0.39 is 0 Å². The van der Waals surface area contributed by atoms with E-state index in [1.165, 1.54) is 83.5 Å². The SMILES string of the molecule is CCCCCCC1CCCCCCCCCCCCC(=O)O1. The van der Waals surface area contributed by atoms with Crippen molar-refractivity contribution in [2.24, 2.45) is 0 Å². The number of carbonyl (C=O) groups is 1. The summed E-state index contributed by atoms with van der Waals surface area (Å²) in [6.45, 7) is 2.24. The van der Waals surface area contributed by atoms with E-state index in [1.807, 2.05) is 0 Å². The van der Waals surface area contributed by atoms with Gasteiger partial charge in [-0.15, -0.1) is 0 Å². The molecule has 1 aliphatic heterocycles. The zero-order valence-electron chi connectivity index (χ0n) is 14.9. The van der Waals surface area contributed by atoms with E-state index in [-0.39, 0.29) is 12.1 Å². The van der Waals surface area contributed by atoms with Crippen LogP contribution in [0.4, 0.5) is 0 Å². The number of esters is 1. The van der Waals surface area contributed by atoms with Crippen LogP contribution in [0.15, 0.2) is 0 Å². The van der Waals surface area contributed by atoms with Crippen molar-refractivity contribution < 1.29 is 9.53 Å². The molecule has 0 bridgehead atoms. The molecular weight excluding hydrogens is 272 g/mol. The quantitative estimate of drug-likeness (QED) is 0.424. The Morgan fingerprint density at radius 3 is 2.05 bits per heavy atom. The van der Waals surface area contributed by atoms with Gasteiger partial charge in [0, 0.05) is 6.42 Å². The Hall–Kier alpha value is -0.530. The fourth-order valence-electron chi connectivity index (χ4n) is 3.36. The van der Waals surface area contributed by atoms with E-state index in [0.29, 0.717) is 6.42 Å². The smallest absolute Gasteiger partial charge is 0.306 e. The summed E-state index contributed by atoms with van der Waals surface area (Å²) < 4.78 is 5.77. The molecule has 1 atom stereocenters. The molecule has 1 rings (SSSR count). The predicted octanol–water partition coefficient (Wildman–Crippen LogP) is 6.56. The van der Waals surface area contributed by atoms with Gasteiger partial charge >= 0.3 is 5.97 Å². The molecule has 0 N–H and O–H groups in total. The van der Waals surface area contributed by atoms with Gasteiger partial charge in [-0.25, -0.2) is 0 Å². The van der Waals surface area contributed by atoms with Gasteiger partial charge in [0.15, 0.2) is 0 Å². The van der Waals surface area contributed by atoms with Gasteiger partial charge in [0.05, 0.1) is 0 Å². The van der Waals surface area contributed by atoms with E-state index in [9.17, 15) is 4.79 Å². The van der Waals surface area contributed by atoms with Gasteiger partial charge in [0.25, 0.3) is 0 Å². The molecule has 0 aromatic rings. The summed E-state index contributed by atoms with van der Waals surface area (Å²) in [5.74, 6) is 0.0513. The first-order valence-corrected chi connectivity index (χ1v) is 10.0. The first kappa shape index (κ1) is 19.5. The zero-order valence-corrected chi connectivity index (χ0v) is 14.9. The Morgan fingerprint density at radius 1 is 0.818 bits per heavy atom. The molecule has 0 saturated carbocycles. The van der Waals surface area contributed by atoms with Crippen molar-refractivity contribution in [3.63, 3.8) is 0 Å². The van der Waals surface area contributed by atoms with Crippen LogP contribution in [0.25, 0.3) is 0 Å². The van der Waals surface area contributed by atoms with Crippen LogP contribution < -0.4 is 0 Å². The third kappa shape index (κ3) is 11.1. The molecule has 0 spiro atoms. The predicted molar refractivity (Wildman–Crippen MR) is 94.0 cm³/mol. The maximum Gasteiger partial charge on any atom is 0.306 e. The molecule has 1 fully saturated rings. The Labute approximate surface area is 138 Å². The number of rotatable bonds is 5. The van der Waals surface area contributed by atoms with Gasteiger partial charge in [-0.05, 0) is 32.1 Å². The Balaban J connectivity index is 2.32. The highest BCUT2D eigenvalue weighted by atomic mass is 16.5. The normalized spacial score (nSPS) is 23.3. The monoisotopic (exact) mass is 310 g/mol. The lowest BCUT2D eigenvalue weighted by molar-refractivity contribution is -0.150. The van der Waals surface area contributed by atoms with Crippen molar-refractivity contribution in [1.82, 2.24) is 0 Å². The molecule has 0 radical (unpaired) electrons. The van der Waals surface area contributed by atoms with Crippen molar-refractivity contribution in [1.29, 1.82) is 0 Å². The first-order chi connectivity index (χ1) is 10.8. The number of cyclic esters (lactones) is 1. The summed E-state index contributed by atoms with van der Waals surface area (Å²) in [7, 11) is 0. The minimum absolute atomic E-state index is 0.0513. The van der Waals surface area contributed by atoms with Crippen molar-refractivity contribution in [2.45, 2.75) is 122 Å². The molecule has 2 heteroatoms. The molecule has 130 valence electrons. The maximum atomic E-state index is 12.0. The van der Waals surface area contributed by atoms with Crippen molar-refractivity contribution >= 4 is 5.97 Å². The number of ether oxygens (including phenoxy) is 1. The van der Waals surface area contributed by atoms with Crippen LogP contribution in [0.1, 0.15) is 116 Å². The molecule has 0 aliphatic carbocycles. The zero-order chi connectivity index (χ0) is 15.9. The van der Waals surface area contributed by atoms with Crippen molar-refractivity contribution in [3.05, 3.63) is 0 Å². The van der Waals surface area contributed by atoms with Gasteiger partial charge in [-0.2, -0.15) is 0 Å². The van der Waals surface area contributed by atoms with Crippen LogP contribution in [0.5, 0.6) is 0 Å². The van der Waals surface area contributed by atoms with Crippen LogP contribution in [0.3, 0.4) is 0 Å². The first-order valence-electron chi connectivity index (χ1n) is 10.0. The molecule has 2 nitrogen and oxygen atoms in total. The maximum absolute atomic E-state index is 12.0. The van der Waals surface area contributed by atoms with E-state index >= 15 is 0 Å². The molecule has 22 heavy (non-hydrogen) atoms. The van der Waals surface area contributed by atoms with Gasteiger partial charge in [0.2, 0.25) is 0 Å². The van der Waals surface area contributed by atoms with E-state index in [2.05, 4.69) is 6.92 Å². The van der Waals surface area contributed by atoms with Gasteiger partial charge in [-0.3, -0.25) is 4.79 Å². The van der Waals surface area contributed by atoms with Crippen LogP contribution >= 0.6 is 0 Å². The molecule has 0 aromatic heterocycles. The topological polar surface area (TPSA) is 26.3 Å². The Bertz CT molecular complexity index is 262. The molecule has 1 unspecified atom stereocenters. The van der Waals surface area contributed by atoms with Crippen molar-refractivity contribution in [3.8, 4) is 0 Å². The summed E-state index contributed by atoms with van der Waals surface area (Å²) in [4.78, 5) is 12.0. The third-order valence-electron chi connectivity index (χ3n) is 4.83. The van der Waals surface area contributed by atoms with Crippen LogP contribution in [0, 0.1) is 0 Å². The molecular formula is C20H38O2. The van der Waals surface area contributed by atoms with Gasteiger partial charge < -0.3 is 4.74 Å². The number of hydrogen-bond acceptors (Lipinski definition) is 2. The van der Waals surface area contributed by atoms with Crippen LogP contribution in [-0.4, -0.2) is 12.1 Å². The largest absolute Gasteiger partial charge is 0.462 e. The summed E-state index contributed by atoms with van der Waals surface area (Å²) in [6.07, 6.45) is 20.9. The van der Waals surface area contributed by atoms with Gasteiger partial charge in [-0.1, -0.05) is 77.6 Å². The number of unbranched alkanes of at least 4 members (excludes halogenated alkanes) is 3. The lowest BCUT2D eigenvalue weighted by atomic mass is 10.0. The van der Waals surface area contributed by atoms with Crippen LogP contribution in [0.2, 0.25) is 0 Å². The number of hydrogen-bond donors (Lipinski definition) is 0. The third-order valence-corrected chi connectivity index (χ3v) is 4.83. The average molecular weight is 311 g/mol. The van der Waals surface area contributed by atoms with Gasteiger partial charge in [0.1, 0.15) is 6.10 Å². The summed E-state index contributed by atoms with van der Waals surface area (Å²) in [6, 6.07) is 0. The second-order valence-corrected chi connectivity index (χ2v) is 7.04. The Kier molecular flexibility index (Phi) is 12.5. The molecule has 0 aromatic carbocycles. The minimum Gasteiger partial charge on any atom is -0.462 e. The molecule has 0 amide bonds.